The van der Waals surface area contributed by atoms with Crippen molar-refractivity contribution in [3.8, 4) is 0 Å². The number of halogens is 3. The van der Waals surface area contributed by atoms with Gasteiger partial charge in [-0.25, -0.2) is 0 Å². The quantitative estimate of drug-likeness (QED) is 0.731. The van der Waals surface area contributed by atoms with E-state index < -0.39 is 0 Å². The Morgan fingerprint density at radius 2 is 1.68 bits per heavy atom. The minimum atomic E-state index is -0.140. The van der Waals surface area contributed by atoms with Gasteiger partial charge in [0.1, 0.15) is 0 Å². The molecule has 0 saturated heterocycles. The molecule has 0 aliphatic carbocycles. The van der Waals surface area contributed by atoms with E-state index in [1.165, 1.54) is 0 Å². The first-order valence-corrected chi connectivity index (χ1v) is 7.38. The molecule has 0 atom stereocenters. The van der Waals surface area contributed by atoms with Crippen LogP contribution in [-0.4, -0.2) is 5.91 Å². The topological polar surface area (TPSA) is 29.1 Å². The summed E-state index contributed by atoms with van der Waals surface area (Å²) in [4.78, 5) is 12.0. The molecule has 0 radical (unpaired) electrons. The third-order valence-electron chi connectivity index (χ3n) is 2.55. The maximum atomic E-state index is 12.0. The Morgan fingerprint density at radius 1 is 1.05 bits per heavy atom. The van der Waals surface area contributed by atoms with Crippen molar-refractivity contribution in [3.63, 3.8) is 0 Å². The lowest BCUT2D eigenvalue weighted by molar-refractivity contribution is -0.115. The van der Waals surface area contributed by atoms with E-state index in [0.29, 0.717) is 15.6 Å². The second-order valence-electron chi connectivity index (χ2n) is 3.91. The van der Waals surface area contributed by atoms with E-state index in [-0.39, 0.29) is 12.3 Å². The van der Waals surface area contributed by atoms with Crippen LogP contribution in [0.1, 0.15) is 5.56 Å². The van der Waals surface area contributed by atoms with Crippen molar-refractivity contribution in [2.24, 2.45) is 0 Å². The predicted octanol–water partition coefficient (Wildman–Crippen LogP) is 4.78. The van der Waals surface area contributed by atoms with Crippen LogP contribution in [0.3, 0.4) is 0 Å². The van der Waals surface area contributed by atoms with Crippen molar-refractivity contribution < 1.29 is 4.79 Å². The van der Waals surface area contributed by atoms with E-state index in [1.54, 1.807) is 18.2 Å². The molecule has 0 fully saturated rings. The van der Waals surface area contributed by atoms with Gasteiger partial charge in [0, 0.05) is 13.6 Å². The fourth-order valence-corrected chi connectivity index (χ4v) is 2.67. The molecule has 0 heterocycles. The van der Waals surface area contributed by atoms with Gasteiger partial charge < -0.3 is 5.32 Å². The molecular weight excluding hydrogens is 396 g/mol. The van der Waals surface area contributed by atoms with Crippen LogP contribution in [-0.2, 0) is 11.2 Å². The Balaban J connectivity index is 2.12. The van der Waals surface area contributed by atoms with Crippen molar-refractivity contribution in [2.45, 2.75) is 6.42 Å². The monoisotopic (exact) mass is 405 g/mol. The first-order chi connectivity index (χ1) is 9.08. The van der Waals surface area contributed by atoms with Crippen molar-refractivity contribution in [1.82, 2.24) is 0 Å². The van der Waals surface area contributed by atoms with Crippen molar-refractivity contribution >= 4 is 57.4 Å². The highest BCUT2D eigenvalue weighted by Crippen LogP contribution is 2.25. The standard InChI is InChI=1S/C14H10Cl2INO/c15-10-4-3-5-11(16)9(10)8-14(19)18-13-7-2-1-6-12(13)17/h1-7H,8H2,(H,18,19). The second-order valence-corrected chi connectivity index (χ2v) is 5.88. The normalized spacial score (nSPS) is 10.3. The third kappa shape index (κ3) is 3.84. The second kappa shape index (κ2) is 6.59. The van der Waals surface area contributed by atoms with Crippen molar-refractivity contribution in [3.05, 3.63) is 61.6 Å². The Kier molecular flexibility index (Phi) is 5.07. The van der Waals surface area contributed by atoms with E-state index in [1.807, 2.05) is 24.3 Å². The number of anilines is 1. The molecule has 0 unspecified atom stereocenters. The highest BCUT2D eigenvalue weighted by molar-refractivity contribution is 14.1. The summed E-state index contributed by atoms with van der Waals surface area (Å²) in [6.07, 6.45) is 0.156. The first-order valence-electron chi connectivity index (χ1n) is 5.55. The van der Waals surface area contributed by atoms with E-state index >= 15 is 0 Å². The van der Waals surface area contributed by atoms with E-state index in [4.69, 9.17) is 23.2 Å². The number of hydrogen-bond donors (Lipinski definition) is 1. The summed E-state index contributed by atoms with van der Waals surface area (Å²) in [7, 11) is 0. The van der Waals surface area contributed by atoms with Gasteiger partial charge >= 0.3 is 0 Å². The van der Waals surface area contributed by atoms with Gasteiger partial charge in [-0.2, -0.15) is 0 Å². The van der Waals surface area contributed by atoms with Crippen LogP contribution in [0, 0.1) is 3.57 Å². The molecule has 0 aliphatic heterocycles. The largest absolute Gasteiger partial charge is 0.325 e. The Hall–Kier alpha value is -0.780. The molecule has 0 aliphatic rings. The Labute approximate surface area is 135 Å². The third-order valence-corrected chi connectivity index (χ3v) is 4.20. The first kappa shape index (κ1) is 14.6. The number of benzene rings is 2. The molecule has 0 bridgehead atoms. The van der Waals surface area contributed by atoms with Crippen LogP contribution in [0.15, 0.2) is 42.5 Å². The van der Waals surface area contributed by atoms with E-state index in [9.17, 15) is 4.79 Å². The Morgan fingerprint density at radius 3 is 2.32 bits per heavy atom. The fraction of sp³-hybridized carbons (Fsp3) is 0.0714. The lowest BCUT2D eigenvalue weighted by Crippen LogP contribution is -2.15. The summed E-state index contributed by atoms with van der Waals surface area (Å²) in [5.74, 6) is -0.140. The highest BCUT2D eigenvalue weighted by Gasteiger charge is 2.11. The summed E-state index contributed by atoms with van der Waals surface area (Å²) in [6, 6.07) is 12.8. The summed E-state index contributed by atoms with van der Waals surface area (Å²) in [5, 5.41) is 3.86. The van der Waals surface area contributed by atoms with Crippen LogP contribution in [0.25, 0.3) is 0 Å². The number of hydrogen-bond acceptors (Lipinski definition) is 1. The summed E-state index contributed by atoms with van der Waals surface area (Å²) >= 11 is 14.3. The molecule has 2 aromatic rings. The highest BCUT2D eigenvalue weighted by atomic mass is 127. The molecule has 19 heavy (non-hydrogen) atoms. The van der Waals surface area contributed by atoms with Gasteiger partial charge in [0.15, 0.2) is 0 Å². The Bertz CT molecular complexity index is 596. The molecule has 2 rings (SSSR count). The maximum Gasteiger partial charge on any atom is 0.228 e. The average molecular weight is 406 g/mol. The molecule has 98 valence electrons. The summed E-state index contributed by atoms with van der Waals surface area (Å²) in [6.45, 7) is 0. The molecule has 0 saturated carbocycles. The lowest BCUT2D eigenvalue weighted by Gasteiger charge is -2.09. The number of rotatable bonds is 3. The van der Waals surface area contributed by atoms with Crippen LogP contribution >= 0.6 is 45.8 Å². The zero-order chi connectivity index (χ0) is 13.8. The zero-order valence-electron chi connectivity index (χ0n) is 9.79. The number of carbonyl (C=O) groups excluding carboxylic acids is 1. The molecule has 2 nitrogen and oxygen atoms in total. The van der Waals surface area contributed by atoms with Crippen LogP contribution in [0.2, 0.25) is 10.0 Å². The van der Waals surface area contributed by atoms with Gasteiger partial charge in [-0.3, -0.25) is 4.79 Å². The van der Waals surface area contributed by atoms with Gasteiger partial charge in [0.05, 0.1) is 12.1 Å². The van der Waals surface area contributed by atoms with Gasteiger partial charge in [-0.05, 0) is 52.4 Å². The number of carbonyl (C=O) groups is 1. The van der Waals surface area contributed by atoms with Gasteiger partial charge in [0.25, 0.3) is 0 Å². The number of nitrogens with one attached hydrogen (secondary N) is 1. The maximum absolute atomic E-state index is 12.0. The number of para-hydroxylation sites is 1. The molecule has 2 aromatic carbocycles. The van der Waals surface area contributed by atoms with Crippen LogP contribution in [0.4, 0.5) is 5.69 Å². The molecule has 1 N–H and O–H groups in total. The smallest absolute Gasteiger partial charge is 0.228 e. The molecule has 0 spiro atoms. The van der Waals surface area contributed by atoms with Gasteiger partial charge in [-0.15, -0.1) is 0 Å². The van der Waals surface area contributed by atoms with E-state index in [2.05, 4.69) is 27.9 Å². The molecule has 5 heteroatoms. The van der Waals surface area contributed by atoms with E-state index in [0.717, 1.165) is 9.26 Å². The zero-order valence-corrected chi connectivity index (χ0v) is 13.5. The molecular formula is C14H10Cl2INO. The SMILES string of the molecule is O=C(Cc1c(Cl)cccc1Cl)Nc1ccccc1I. The van der Waals surface area contributed by atoms with Gasteiger partial charge in [0.2, 0.25) is 5.91 Å². The fourth-order valence-electron chi connectivity index (χ4n) is 1.62. The molecule has 1 amide bonds. The van der Waals surface area contributed by atoms with Gasteiger partial charge in [-0.1, -0.05) is 41.4 Å². The number of amides is 1. The minimum Gasteiger partial charge on any atom is -0.325 e. The average Bonchev–Trinajstić information content (AvgIpc) is 2.37. The van der Waals surface area contributed by atoms with Crippen molar-refractivity contribution in [1.29, 1.82) is 0 Å². The summed E-state index contributed by atoms with van der Waals surface area (Å²) in [5.41, 5.74) is 1.44. The molecule has 0 aromatic heterocycles. The predicted molar refractivity (Wildman–Crippen MR) is 88.0 cm³/mol. The van der Waals surface area contributed by atoms with Crippen molar-refractivity contribution in [2.75, 3.05) is 5.32 Å². The summed E-state index contributed by atoms with van der Waals surface area (Å²) < 4.78 is 0.985. The minimum absolute atomic E-state index is 0.140. The van der Waals surface area contributed by atoms with Crippen LogP contribution in [0.5, 0.6) is 0 Å². The van der Waals surface area contributed by atoms with Crippen LogP contribution < -0.4 is 5.32 Å². The lowest BCUT2D eigenvalue weighted by atomic mass is 10.1.